The van der Waals surface area contributed by atoms with Gasteiger partial charge in [0.05, 0.1) is 16.7 Å². The highest BCUT2D eigenvalue weighted by Crippen LogP contribution is 2.26. The van der Waals surface area contributed by atoms with Gasteiger partial charge in [0.15, 0.2) is 11.5 Å². The number of hydrogen-bond donors (Lipinski definition) is 0. The molecular weight excluding hydrogens is 281 g/mol. The molecule has 22 heavy (non-hydrogen) atoms. The molecule has 4 aromatic rings. The van der Waals surface area contributed by atoms with Crippen LogP contribution >= 0.6 is 0 Å². The molecule has 5 nitrogen and oxygen atoms in total. The molecule has 0 spiro atoms. The van der Waals surface area contributed by atoms with Crippen LogP contribution in [-0.2, 0) is 0 Å². The predicted molar refractivity (Wildman–Crippen MR) is 81.0 cm³/mol. The first kappa shape index (κ1) is 12.8. The second-order valence-corrected chi connectivity index (χ2v) is 5.15. The number of halogens is 1. The van der Waals surface area contributed by atoms with Gasteiger partial charge in [-0.2, -0.15) is 0 Å². The highest BCUT2D eigenvalue weighted by atomic mass is 19.1. The van der Waals surface area contributed by atoms with E-state index in [9.17, 15) is 4.39 Å². The van der Waals surface area contributed by atoms with Gasteiger partial charge in [-0.05, 0) is 38.1 Å². The molecule has 0 atom stereocenters. The molecule has 0 radical (unpaired) electrons. The van der Waals surface area contributed by atoms with E-state index in [-0.39, 0.29) is 5.82 Å². The van der Waals surface area contributed by atoms with Crippen LogP contribution in [0.4, 0.5) is 4.39 Å². The van der Waals surface area contributed by atoms with Crippen molar-refractivity contribution in [1.82, 2.24) is 24.6 Å². The third-order valence-corrected chi connectivity index (χ3v) is 3.70. The van der Waals surface area contributed by atoms with Crippen LogP contribution in [-0.4, -0.2) is 24.6 Å². The van der Waals surface area contributed by atoms with Gasteiger partial charge in [-0.25, -0.2) is 9.37 Å². The lowest BCUT2D eigenvalue weighted by Crippen LogP contribution is -1.99. The summed E-state index contributed by atoms with van der Waals surface area (Å²) in [5.41, 5.74) is 4.43. The Morgan fingerprint density at radius 3 is 2.73 bits per heavy atom. The Bertz CT molecular complexity index is 1020. The molecule has 0 unspecified atom stereocenters. The molecule has 0 bridgehead atoms. The molecule has 0 saturated carbocycles. The number of benzene rings is 1. The van der Waals surface area contributed by atoms with Crippen LogP contribution in [0.2, 0.25) is 0 Å². The summed E-state index contributed by atoms with van der Waals surface area (Å²) in [6.07, 6.45) is 1.73. The van der Waals surface area contributed by atoms with E-state index >= 15 is 0 Å². The molecule has 0 aliphatic carbocycles. The molecular formula is C16H12FN5. The minimum Gasteiger partial charge on any atom is -0.272 e. The molecule has 0 aliphatic rings. The van der Waals surface area contributed by atoms with Gasteiger partial charge in [0.2, 0.25) is 0 Å². The van der Waals surface area contributed by atoms with Gasteiger partial charge in [-0.3, -0.25) is 9.38 Å². The van der Waals surface area contributed by atoms with E-state index in [4.69, 9.17) is 0 Å². The van der Waals surface area contributed by atoms with Crippen LogP contribution in [0.3, 0.4) is 0 Å². The van der Waals surface area contributed by atoms with E-state index in [1.54, 1.807) is 12.3 Å². The fraction of sp³-hybridized carbons (Fsp3) is 0.125. The van der Waals surface area contributed by atoms with Gasteiger partial charge < -0.3 is 0 Å². The summed E-state index contributed by atoms with van der Waals surface area (Å²) in [7, 11) is 0. The maximum atomic E-state index is 13.7. The fourth-order valence-electron chi connectivity index (χ4n) is 2.64. The summed E-state index contributed by atoms with van der Waals surface area (Å²) in [5.74, 6) is 0.323. The zero-order valence-corrected chi connectivity index (χ0v) is 12.1. The molecule has 0 saturated heterocycles. The molecule has 0 fully saturated rings. The third-order valence-electron chi connectivity index (χ3n) is 3.70. The first-order valence-electron chi connectivity index (χ1n) is 6.88. The van der Waals surface area contributed by atoms with Crippen LogP contribution in [0.15, 0.2) is 36.5 Å². The minimum absolute atomic E-state index is 0.318. The van der Waals surface area contributed by atoms with E-state index in [2.05, 4.69) is 20.2 Å². The topological polar surface area (TPSA) is 56.0 Å². The zero-order chi connectivity index (χ0) is 15.3. The fourth-order valence-corrected chi connectivity index (χ4v) is 2.64. The highest BCUT2D eigenvalue weighted by molar-refractivity contribution is 5.81. The average Bonchev–Trinajstić information content (AvgIpc) is 2.94. The molecule has 6 heteroatoms. The van der Waals surface area contributed by atoms with Crippen molar-refractivity contribution in [3.63, 3.8) is 0 Å². The second kappa shape index (κ2) is 4.56. The first-order chi connectivity index (χ1) is 10.6. The van der Waals surface area contributed by atoms with E-state index in [0.717, 1.165) is 17.0 Å². The molecule has 0 amide bonds. The summed E-state index contributed by atoms with van der Waals surface area (Å²) in [6.45, 7) is 3.78. The summed E-state index contributed by atoms with van der Waals surface area (Å²) in [6, 6.07) is 8.30. The Morgan fingerprint density at radius 1 is 1.05 bits per heavy atom. The number of rotatable bonds is 1. The smallest absolute Gasteiger partial charge is 0.183 e. The van der Waals surface area contributed by atoms with Crippen LogP contribution in [0.25, 0.3) is 28.1 Å². The van der Waals surface area contributed by atoms with Crippen molar-refractivity contribution in [2.75, 3.05) is 0 Å². The van der Waals surface area contributed by atoms with Crippen molar-refractivity contribution in [2.45, 2.75) is 13.8 Å². The maximum Gasteiger partial charge on any atom is 0.183 e. The first-order valence-corrected chi connectivity index (χ1v) is 6.88. The Labute approximate surface area is 125 Å². The number of aryl methyl sites for hydroxylation is 2. The second-order valence-electron chi connectivity index (χ2n) is 5.15. The molecule has 3 aromatic heterocycles. The summed E-state index contributed by atoms with van der Waals surface area (Å²) in [4.78, 5) is 8.76. The van der Waals surface area contributed by atoms with Gasteiger partial charge in [-0.1, -0.05) is 0 Å². The number of pyridine rings is 1. The molecule has 1 aromatic carbocycles. The number of nitrogens with zero attached hydrogens (tertiary/aromatic N) is 5. The summed E-state index contributed by atoms with van der Waals surface area (Å²) in [5, 5.41) is 8.49. The number of aromatic nitrogens is 5. The minimum atomic E-state index is -0.318. The van der Waals surface area contributed by atoms with Gasteiger partial charge >= 0.3 is 0 Å². The van der Waals surface area contributed by atoms with Crippen molar-refractivity contribution in [1.29, 1.82) is 0 Å². The maximum absolute atomic E-state index is 13.7. The predicted octanol–water partition coefficient (Wildman–Crippen LogP) is 3.10. The van der Waals surface area contributed by atoms with Gasteiger partial charge in [0, 0.05) is 23.5 Å². The van der Waals surface area contributed by atoms with Gasteiger partial charge in [-0.15, -0.1) is 10.2 Å². The van der Waals surface area contributed by atoms with Crippen molar-refractivity contribution in [3.05, 3.63) is 53.7 Å². The van der Waals surface area contributed by atoms with Crippen LogP contribution in [0.5, 0.6) is 0 Å². The van der Waals surface area contributed by atoms with Crippen LogP contribution in [0.1, 0.15) is 11.4 Å². The third kappa shape index (κ3) is 1.77. The van der Waals surface area contributed by atoms with Gasteiger partial charge in [0.25, 0.3) is 0 Å². The van der Waals surface area contributed by atoms with E-state index in [0.29, 0.717) is 22.5 Å². The number of hydrogen-bond acceptors (Lipinski definition) is 4. The van der Waals surface area contributed by atoms with E-state index in [1.165, 1.54) is 12.1 Å². The lowest BCUT2D eigenvalue weighted by Gasteiger charge is -2.07. The Kier molecular flexibility index (Phi) is 2.66. The largest absolute Gasteiger partial charge is 0.272 e. The summed E-state index contributed by atoms with van der Waals surface area (Å²) < 4.78 is 15.5. The summed E-state index contributed by atoms with van der Waals surface area (Å²) >= 11 is 0. The van der Waals surface area contributed by atoms with E-state index in [1.807, 2.05) is 30.4 Å². The Hall–Kier alpha value is -2.89. The van der Waals surface area contributed by atoms with Gasteiger partial charge in [0.1, 0.15) is 5.82 Å². The quantitative estimate of drug-likeness (QED) is 0.541. The molecule has 0 N–H and O–H groups in total. The number of fused-ring (bicyclic) bond motifs is 3. The van der Waals surface area contributed by atoms with Crippen molar-refractivity contribution >= 4 is 16.7 Å². The molecule has 108 valence electrons. The molecule has 4 rings (SSSR count). The monoisotopic (exact) mass is 293 g/mol. The van der Waals surface area contributed by atoms with Crippen LogP contribution in [0, 0.1) is 19.7 Å². The lowest BCUT2D eigenvalue weighted by molar-refractivity contribution is 0.629. The SMILES string of the molecule is Cc1ncccc1-c1nnc2c(C)nc3ccc(F)cc3n12. The molecule has 3 heterocycles. The Balaban J connectivity index is 2.19. The van der Waals surface area contributed by atoms with Crippen molar-refractivity contribution in [2.24, 2.45) is 0 Å². The normalized spacial score (nSPS) is 11.4. The average molecular weight is 293 g/mol. The molecule has 0 aliphatic heterocycles. The van der Waals surface area contributed by atoms with Crippen molar-refractivity contribution in [3.8, 4) is 11.4 Å². The van der Waals surface area contributed by atoms with Crippen LogP contribution < -0.4 is 0 Å². The highest BCUT2D eigenvalue weighted by Gasteiger charge is 2.16. The lowest BCUT2D eigenvalue weighted by atomic mass is 10.2. The van der Waals surface area contributed by atoms with Crippen molar-refractivity contribution < 1.29 is 4.39 Å². The van der Waals surface area contributed by atoms with E-state index < -0.39 is 0 Å². The Morgan fingerprint density at radius 2 is 1.91 bits per heavy atom. The standard InChI is InChI=1S/C16H12FN5/c1-9-12(4-3-7-18-9)16-21-20-15-10(2)19-13-6-5-11(17)8-14(13)22(15)16/h3-8H,1-2H3. The zero-order valence-electron chi connectivity index (χ0n) is 12.1.